The van der Waals surface area contributed by atoms with Crippen molar-refractivity contribution in [3.05, 3.63) is 11.8 Å². The Kier molecular flexibility index (Phi) is 3.53. The van der Waals surface area contributed by atoms with Gasteiger partial charge in [0.05, 0.1) is 5.60 Å². The summed E-state index contributed by atoms with van der Waals surface area (Å²) in [5, 5.41) is 9.90. The fraction of sp³-hybridized carbons (Fsp3) is 0.667. The summed E-state index contributed by atoms with van der Waals surface area (Å²) in [5.41, 5.74) is -1.90. The van der Waals surface area contributed by atoms with E-state index >= 15 is 0 Å². The van der Waals surface area contributed by atoms with Crippen LogP contribution < -0.4 is 9.80 Å². The lowest BCUT2D eigenvalue weighted by Crippen LogP contribution is -2.31. The van der Waals surface area contributed by atoms with Crippen molar-refractivity contribution in [3.63, 3.8) is 0 Å². The molecule has 0 radical (unpaired) electrons. The highest BCUT2D eigenvalue weighted by molar-refractivity contribution is 5.46. The molecule has 1 N–H and O–H groups in total. The van der Waals surface area contributed by atoms with Crippen LogP contribution in [0.25, 0.3) is 0 Å². The van der Waals surface area contributed by atoms with Gasteiger partial charge >= 0.3 is 6.18 Å². The Balaban J connectivity index is 2.40. The Bertz CT molecular complexity index is 502. The maximum Gasteiger partial charge on any atom is 0.433 e. The zero-order valence-electron chi connectivity index (χ0n) is 11.6. The van der Waals surface area contributed by atoms with Crippen LogP contribution in [0.3, 0.4) is 0 Å². The average molecular weight is 290 g/mol. The third-order valence-corrected chi connectivity index (χ3v) is 3.18. The molecule has 0 amide bonds. The van der Waals surface area contributed by atoms with Gasteiger partial charge in [-0.3, -0.25) is 0 Å². The summed E-state index contributed by atoms with van der Waals surface area (Å²) in [5.74, 6) is 0.190. The first-order valence-electron chi connectivity index (χ1n) is 6.19. The normalized spacial score (nSPS) is 23.2. The topological polar surface area (TPSA) is 52.5 Å². The molecule has 8 heteroatoms. The zero-order chi connectivity index (χ0) is 15.1. The predicted molar refractivity (Wildman–Crippen MR) is 68.8 cm³/mol. The summed E-state index contributed by atoms with van der Waals surface area (Å²) in [6, 6.07) is 0.914. The van der Waals surface area contributed by atoms with E-state index in [4.69, 9.17) is 0 Å². The largest absolute Gasteiger partial charge is 0.433 e. The van der Waals surface area contributed by atoms with E-state index in [2.05, 4.69) is 9.97 Å². The molecule has 0 spiro atoms. The molecule has 112 valence electrons. The summed E-state index contributed by atoms with van der Waals surface area (Å²) in [6.45, 7) is 2.30. The number of anilines is 2. The lowest BCUT2D eigenvalue weighted by atomic mass is 10.1. The molecule has 0 aromatic carbocycles. The summed E-state index contributed by atoms with van der Waals surface area (Å²) in [6.07, 6.45) is -4.05. The van der Waals surface area contributed by atoms with Gasteiger partial charge in [-0.2, -0.15) is 18.2 Å². The molecule has 1 aromatic rings. The maximum absolute atomic E-state index is 12.9. The summed E-state index contributed by atoms with van der Waals surface area (Å²) < 4.78 is 38.6. The minimum absolute atomic E-state index is 0.00120. The van der Waals surface area contributed by atoms with E-state index in [1.165, 1.54) is 4.90 Å². The van der Waals surface area contributed by atoms with Crippen LogP contribution in [0, 0.1) is 0 Å². The van der Waals surface area contributed by atoms with Crippen molar-refractivity contribution in [1.82, 2.24) is 9.97 Å². The van der Waals surface area contributed by atoms with E-state index in [1.54, 1.807) is 25.9 Å². The van der Waals surface area contributed by atoms with Crippen molar-refractivity contribution < 1.29 is 18.3 Å². The number of hydrogen-bond donors (Lipinski definition) is 1. The van der Waals surface area contributed by atoms with E-state index in [0.717, 1.165) is 6.07 Å². The summed E-state index contributed by atoms with van der Waals surface area (Å²) >= 11 is 0. The molecule has 1 aliphatic rings. The van der Waals surface area contributed by atoms with Gasteiger partial charge in [-0.05, 0) is 13.3 Å². The molecule has 2 rings (SSSR count). The average Bonchev–Trinajstić information content (AvgIpc) is 2.68. The Morgan fingerprint density at radius 2 is 2.00 bits per heavy atom. The SMILES string of the molecule is CN(C)c1cc(C(F)(F)F)nc(N2CCC(C)(O)C2)n1. The Labute approximate surface area is 115 Å². The van der Waals surface area contributed by atoms with Gasteiger partial charge in [-0.15, -0.1) is 0 Å². The van der Waals surface area contributed by atoms with Crippen LogP contribution in [0.5, 0.6) is 0 Å². The highest BCUT2D eigenvalue weighted by Crippen LogP contribution is 2.32. The van der Waals surface area contributed by atoms with Gasteiger partial charge in [0.25, 0.3) is 0 Å². The first-order valence-corrected chi connectivity index (χ1v) is 6.19. The number of aromatic nitrogens is 2. The fourth-order valence-corrected chi connectivity index (χ4v) is 2.05. The quantitative estimate of drug-likeness (QED) is 0.895. The van der Waals surface area contributed by atoms with E-state index in [0.29, 0.717) is 13.0 Å². The fourth-order valence-electron chi connectivity index (χ4n) is 2.05. The standard InChI is InChI=1S/C12H17F3N4O/c1-11(20)4-5-19(7-11)10-16-8(12(13,14)15)6-9(17-10)18(2)3/h6,20H,4-5,7H2,1-3H3. The van der Waals surface area contributed by atoms with Crippen molar-refractivity contribution in [1.29, 1.82) is 0 Å². The number of nitrogens with zero attached hydrogens (tertiary/aromatic N) is 4. The monoisotopic (exact) mass is 290 g/mol. The lowest BCUT2D eigenvalue weighted by Gasteiger charge is -2.22. The van der Waals surface area contributed by atoms with Crippen LogP contribution in [0.15, 0.2) is 6.07 Å². The van der Waals surface area contributed by atoms with Gasteiger partial charge < -0.3 is 14.9 Å². The number of β-amino-alcohol motifs (C(OH)–C–C–N with tert-alkyl or cyclic N) is 1. The van der Waals surface area contributed by atoms with Crippen molar-refractivity contribution in [2.45, 2.75) is 25.1 Å². The van der Waals surface area contributed by atoms with E-state index < -0.39 is 17.5 Å². The number of alkyl halides is 3. The second-order valence-corrected chi connectivity index (χ2v) is 5.47. The number of halogens is 3. The third-order valence-electron chi connectivity index (χ3n) is 3.18. The second kappa shape index (κ2) is 4.76. The van der Waals surface area contributed by atoms with Gasteiger partial charge in [0, 0.05) is 33.3 Å². The van der Waals surface area contributed by atoms with Crippen LogP contribution >= 0.6 is 0 Å². The minimum atomic E-state index is -4.52. The van der Waals surface area contributed by atoms with Crippen LogP contribution in [0.2, 0.25) is 0 Å². The molecule has 0 saturated carbocycles. The Morgan fingerprint density at radius 3 is 2.45 bits per heavy atom. The highest BCUT2D eigenvalue weighted by atomic mass is 19.4. The minimum Gasteiger partial charge on any atom is -0.388 e. The molecule has 1 atom stereocenters. The Hall–Kier alpha value is -1.57. The molecule has 1 fully saturated rings. The van der Waals surface area contributed by atoms with E-state index in [-0.39, 0.29) is 18.3 Å². The molecule has 1 saturated heterocycles. The molecule has 1 unspecified atom stereocenters. The number of rotatable bonds is 2. The highest BCUT2D eigenvalue weighted by Gasteiger charge is 2.37. The smallest absolute Gasteiger partial charge is 0.388 e. The lowest BCUT2D eigenvalue weighted by molar-refractivity contribution is -0.141. The molecular weight excluding hydrogens is 273 g/mol. The van der Waals surface area contributed by atoms with Gasteiger partial charge in [0.2, 0.25) is 5.95 Å². The van der Waals surface area contributed by atoms with Crippen LogP contribution in [0.1, 0.15) is 19.0 Å². The second-order valence-electron chi connectivity index (χ2n) is 5.47. The zero-order valence-corrected chi connectivity index (χ0v) is 11.6. The van der Waals surface area contributed by atoms with Crippen molar-refractivity contribution >= 4 is 11.8 Å². The first-order chi connectivity index (χ1) is 9.08. The van der Waals surface area contributed by atoms with Gasteiger partial charge in [0.15, 0.2) is 5.69 Å². The number of hydrogen-bond acceptors (Lipinski definition) is 5. The molecule has 0 aliphatic carbocycles. The van der Waals surface area contributed by atoms with Crippen LogP contribution in [-0.4, -0.2) is 47.9 Å². The summed E-state index contributed by atoms with van der Waals surface area (Å²) in [4.78, 5) is 10.8. The molecule has 1 aromatic heterocycles. The Morgan fingerprint density at radius 1 is 1.35 bits per heavy atom. The van der Waals surface area contributed by atoms with Crippen molar-refractivity contribution in [2.75, 3.05) is 37.0 Å². The van der Waals surface area contributed by atoms with Gasteiger partial charge in [-0.25, -0.2) is 4.98 Å². The predicted octanol–water partition coefficient (Wildman–Crippen LogP) is 1.52. The molecule has 5 nitrogen and oxygen atoms in total. The van der Waals surface area contributed by atoms with E-state index in [9.17, 15) is 18.3 Å². The maximum atomic E-state index is 12.9. The van der Waals surface area contributed by atoms with Crippen molar-refractivity contribution in [2.24, 2.45) is 0 Å². The van der Waals surface area contributed by atoms with Gasteiger partial charge in [0.1, 0.15) is 5.82 Å². The van der Waals surface area contributed by atoms with Crippen LogP contribution in [-0.2, 0) is 6.18 Å². The molecular formula is C12H17F3N4O. The molecule has 0 bridgehead atoms. The molecule has 2 heterocycles. The third kappa shape index (κ3) is 3.12. The first kappa shape index (κ1) is 14.8. The molecule has 1 aliphatic heterocycles. The number of aliphatic hydroxyl groups is 1. The van der Waals surface area contributed by atoms with Crippen LogP contribution in [0.4, 0.5) is 24.9 Å². The van der Waals surface area contributed by atoms with Crippen molar-refractivity contribution in [3.8, 4) is 0 Å². The van der Waals surface area contributed by atoms with Gasteiger partial charge in [-0.1, -0.05) is 0 Å². The van der Waals surface area contributed by atoms with E-state index in [1.807, 2.05) is 0 Å². The molecule has 20 heavy (non-hydrogen) atoms. The summed E-state index contributed by atoms with van der Waals surface area (Å²) in [7, 11) is 3.23.